The molecule has 0 fully saturated rings. The number of nitrogens with one attached hydrogen (secondary N) is 1. The van der Waals surface area contributed by atoms with Crippen molar-refractivity contribution >= 4 is 0 Å². The molecule has 0 bridgehead atoms. The number of fused-ring (bicyclic) bond motifs is 1. The zero-order valence-electron chi connectivity index (χ0n) is 10.1. The van der Waals surface area contributed by atoms with Crippen LogP contribution in [0.5, 0.6) is 0 Å². The van der Waals surface area contributed by atoms with E-state index in [1.807, 2.05) is 0 Å². The molecule has 2 heterocycles. The minimum Gasteiger partial charge on any atom is -0.308 e. The van der Waals surface area contributed by atoms with Crippen molar-refractivity contribution < 1.29 is 0 Å². The number of hydrogen-bond acceptors (Lipinski definition) is 3. The van der Waals surface area contributed by atoms with E-state index in [1.165, 1.54) is 0 Å². The van der Waals surface area contributed by atoms with Crippen LogP contribution in [0.15, 0.2) is 4.79 Å². The minimum atomic E-state index is 0.0558. The van der Waals surface area contributed by atoms with E-state index in [0.29, 0.717) is 12.5 Å². The smallest absolute Gasteiger partial charge is 0.308 e. The average molecular weight is 224 g/mol. The summed E-state index contributed by atoms with van der Waals surface area (Å²) in [5.74, 6) is 1.57. The van der Waals surface area contributed by atoms with E-state index in [2.05, 4.69) is 24.3 Å². The molecule has 0 spiro atoms. The standard InChI is InChI=1S/C11H20N4O/c1-9(2)4-3-6-15-11(16)14-7-5-12-8-10(14)13-15/h9,12H,3-8H2,1-2H3. The van der Waals surface area contributed by atoms with Crippen molar-refractivity contribution in [3.63, 3.8) is 0 Å². The highest BCUT2D eigenvalue weighted by atomic mass is 16.2. The highest BCUT2D eigenvalue weighted by Gasteiger charge is 2.15. The third kappa shape index (κ3) is 2.35. The molecular weight excluding hydrogens is 204 g/mol. The Kier molecular flexibility index (Phi) is 3.43. The van der Waals surface area contributed by atoms with Crippen LogP contribution in [-0.2, 0) is 19.6 Å². The van der Waals surface area contributed by atoms with Crippen LogP contribution >= 0.6 is 0 Å². The molecule has 0 saturated carbocycles. The fourth-order valence-electron chi connectivity index (χ4n) is 2.03. The van der Waals surface area contributed by atoms with Crippen molar-refractivity contribution in [2.24, 2.45) is 5.92 Å². The lowest BCUT2D eigenvalue weighted by Gasteiger charge is -2.11. The van der Waals surface area contributed by atoms with Gasteiger partial charge in [0.25, 0.3) is 0 Å². The van der Waals surface area contributed by atoms with Gasteiger partial charge in [0.05, 0.1) is 6.54 Å². The SMILES string of the molecule is CC(C)CCCn1nc2n(c1=O)CCNC2. The van der Waals surface area contributed by atoms with Gasteiger partial charge in [-0.3, -0.25) is 4.57 Å². The maximum atomic E-state index is 11.9. The number of hydrogen-bond donors (Lipinski definition) is 1. The normalized spacial score (nSPS) is 15.4. The molecule has 0 amide bonds. The molecule has 0 aliphatic carbocycles. The summed E-state index contributed by atoms with van der Waals surface area (Å²) in [5, 5.41) is 7.57. The molecule has 90 valence electrons. The summed E-state index contributed by atoms with van der Waals surface area (Å²) in [6, 6.07) is 0. The summed E-state index contributed by atoms with van der Waals surface area (Å²) in [5.41, 5.74) is 0.0558. The molecule has 1 aromatic rings. The summed E-state index contributed by atoms with van der Waals surface area (Å²) in [6.07, 6.45) is 2.17. The first kappa shape index (κ1) is 11.4. The maximum Gasteiger partial charge on any atom is 0.345 e. The minimum absolute atomic E-state index is 0.0558. The van der Waals surface area contributed by atoms with Crippen LogP contribution in [0.4, 0.5) is 0 Å². The molecule has 1 N–H and O–H groups in total. The molecular formula is C11H20N4O. The van der Waals surface area contributed by atoms with E-state index in [9.17, 15) is 4.79 Å². The van der Waals surface area contributed by atoms with Gasteiger partial charge in [-0.1, -0.05) is 13.8 Å². The maximum absolute atomic E-state index is 11.9. The van der Waals surface area contributed by atoms with Gasteiger partial charge in [0.2, 0.25) is 0 Å². The van der Waals surface area contributed by atoms with E-state index in [1.54, 1.807) is 9.25 Å². The van der Waals surface area contributed by atoms with Gasteiger partial charge in [-0.2, -0.15) is 5.10 Å². The molecule has 0 aromatic carbocycles. The Morgan fingerprint density at radius 1 is 1.50 bits per heavy atom. The molecule has 1 aliphatic heterocycles. The largest absolute Gasteiger partial charge is 0.345 e. The zero-order chi connectivity index (χ0) is 11.5. The summed E-state index contributed by atoms with van der Waals surface area (Å²) in [7, 11) is 0. The molecule has 1 aliphatic rings. The van der Waals surface area contributed by atoms with Gasteiger partial charge >= 0.3 is 5.69 Å². The first-order valence-corrected chi connectivity index (χ1v) is 6.05. The fourth-order valence-corrected chi connectivity index (χ4v) is 2.03. The average Bonchev–Trinajstić information content (AvgIpc) is 2.56. The van der Waals surface area contributed by atoms with E-state index in [-0.39, 0.29) is 5.69 Å². The monoisotopic (exact) mass is 224 g/mol. The summed E-state index contributed by atoms with van der Waals surface area (Å²) in [4.78, 5) is 11.9. The quantitative estimate of drug-likeness (QED) is 0.814. The zero-order valence-corrected chi connectivity index (χ0v) is 10.1. The Morgan fingerprint density at radius 2 is 2.31 bits per heavy atom. The highest BCUT2D eigenvalue weighted by Crippen LogP contribution is 2.05. The third-order valence-corrected chi connectivity index (χ3v) is 2.95. The van der Waals surface area contributed by atoms with Crippen molar-refractivity contribution in [2.45, 2.75) is 46.3 Å². The van der Waals surface area contributed by atoms with Gasteiger partial charge in [-0.25, -0.2) is 9.48 Å². The van der Waals surface area contributed by atoms with Crippen molar-refractivity contribution in [1.82, 2.24) is 19.7 Å². The molecule has 0 saturated heterocycles. The molecule has 5 heteroatoms. The van der Waals surface area contributed by atoms with Crippen LogP contribution in [0.25, 0.3) is 0 Å². The Labute approximate surface area is 95.5 Å². The van der Waals surface area contributed by atoms with Crippen LogP contribution in [-0.4, -0.2) is 20.9 Å². The number of rotatable bonds is 4. The first-order chi connectivity index (χ1) is 7.68. The Morgan fingerprint density at radius 3 is 3.00 bits per heavy atom. The molecule has 5 nitrogen and oxygen atoms in total. The fraction of sp³-hybridized carbons (Fsp3) is 0.818. The molecule has 16 heavy (non-hydrogen) atoms. The van der Waals surface area contributed by atoms with E-state index in [4.69, 9.17) is 0 Å². The van der Waals surface area contributed by atoms with Gasteiger partial charge in [0, 0.05) is 19.6 Å². The highest BCUT2D eigenvalue weighted by molar-refractivity contribution is 4.90. The predicted molar refractivity (Wildman–Crippen MR) is 62.3 cm³/mol. The summed E-state index contributed by atoms with van der Waals surface area (Å²) < 4.78 is 3.40. The van der Waals surface area contributed by atoms with Crippen molar-refractivity contribution in [2.75, 3.05) is 6.54 Å². The topological polar surface area (TPSA) is 51.9 Å². The van der Waals surface area contributed by atoms with Gasteiger partial charge in [-0.15, -0.1) is 0 Å². The van der Waals surface area contributed by atoms with Gasteiger partial charge in [0.1, 0.15) is 5.82 Å². The predicted octanol–water partition coefficient (Wildman–Crippen LogP) is 0.584. The van der Waals surface area contributed by atoms with Crippen molar-refractivity contribution in [1.29, 1.82) is 0 Å². The number of aryl methyl sites for hydroxylation is 1. The Hall–Kier alpha value is -1.10. The second kappa shape index (κ2) is 4.82. The van der Waals surface area contributed by atoms with Crippen LogP contribution < -0.4 is 11.0 Å². The molecule has 1 aromatic heterocycles. The van der Waals surface area contributed by atoms with Crippen molar-refractivity contribution in [3.05, 3.63) is 16.3 Å². The van der Waals surface area contributed by atoms with Crippen LogP contribution in [0.1, 0.15) is 32.5 Å². The van der Waals surface area contributed by atoms with E-state index >= 15 is 0 Å². The Balaban J connectivity index is 2.04. The molecule has 2 rings (SSSR count). The summed E-state index contributed by atoms with van der Waals surface area (Å²) >= 11 is 0. The van der Waals surface area contributed by atoms with Gasteiger partial charge in [0.15, 0.2) is 0 Å². The third-order valence-electron chi connectivity index (χ3n) is 2.95. The summed E-state index contributed by atoms with van der Waals surface area (Å²) in [6.45, 7) is 7.47. The van der Waals surface area contributed by atoms with E-state index < -0.39 is 0 Å². The molecule has 0 atom stereocenters. The Bertz CT molecular complexity index is 405. The second-order valence-corrected chi connectivity index (χ2v) is 4.79. The molecule has 0 unspecified atom stereocenters. The van der Waals surface area contributed by atoms with Crippen LogP contribution in [0.3, 0.4) is 0 Å². The lowest BCUT2D eigenvalue weighted by atomic mass is 10.1. The lowest BCUT2D eigenvalue weighted by molar-refractivity contribution is 0.477. The lowest BCUT2D eigenvalue weighted by Crippen LogP contribution is -2.34. The van der Waals surface area contributed by atoms with Crippen LogP contribution in [0.2, 0.25) is 0 Å². The number of nitrogens with zero attached hydrogens (tertiary/aromatic N) is 3. The van der Waals surface area contributed by atoms with Crippen molar-refractivity contribution in [3.8, 4) is 0 Å². The van der Waals surface area contributed by atoms with E-state index in [0.717, 1.165) is 38.3 Å². The van der Waals surface area contributed by atoms with Gasteiger partial charge in [-0.05, 0) is 18.8 Å². The van der Waals surface area contributed by atoms with Gasteiger partial charge < -0.3 is 5.32 Å². The number of aromatic nitrogens is 3. The molecule has 0 radical (unpaired) electrons. The first-order valence-electron chi connectivity index (χ1n) is 6.05. The van der Waals surface area contributed by atoms with Crippen LogP contribution in [0, 0.1) is 5.92 Å². The second-order valence-electron chi connectivity index (χ2n) is 4.79.